The van der Waals surface area contributed by atoms with Crippen LogP contribution in [0.1, 0.15) is 18.9 Å². The lowest BCUT2D eigenvalue weighted by atomic mass is 10.1. The van der Waals surface area contributed by atoms with Gasteiger partial charge in [0.05, 0.1) is 18.1 Å². The van der Waals surface area contributed by atoms with Gasteiger partial charge in [-0.1, -0.05) is 24.3 Å². The average Bonchev–Trinajstić information content (AvgIpc) is 2.72. The van der Waals surface area contributed by atoms with E-state index in [9.17, 15) is 14.9 Å². The van der Waals surface area contributed by atoms with Crippen LogP contribution in [0.5, 0.6) is 11.8 Å². The van der Waals surface area contributed by atoms with Crippen molar-refractivity contribution in [3.63, 3.8) is 0 Å². The highest BCUT2D eigenvalue weighted by Gasteiger charge is 2.32. The van der Waals surface area contributed by atoms with Crippen molar-refractivity contribution in [1.29, 1.82) is 0 Å². The molecule has 1 amide bonds. The van der Waals surface area contributed by atoms with Crippen molar-refractivity contribution in [1.82, 2.24) is 9.97 Å². The van der Waals surface area contributed by atoms with E-state index in [1.807, 2.05) is 36.4 Å². The molecule has 0 aliphatic carbocycles. The van der Waals surface area contributed by atoms with E-state index in [1.54, 1.807) is 6.92 Å². The molecule has 0 radical (unpaired) electrons. The number of fused-ring (bicyclic) bond motifs is 4. The summed E-state index contributed by atoms with van der Waals surface area (Å²) in [4.78, 5) is 32.7. The van der Waals surface area contributed by atoms with Gasteiger partial charge in [-0.15, -0.1) is 0 Å². The Hall–Kier alpha value is -3.89. The van der Waals surface area contributed by atoms with Gasteiger partial charge < -0.3 is 19.9 Å². The van der Waals surface area contributed by atoms with Crippen molar-refractivity contribution >= 4 is 23.4 Å². The number of nitrogen functional groups attached to an aromatic ring is 1. The highest BCUT2D eigenvalue weighted by molar-refractivity contribution is 5.90. The fourth-order valence-corrected chi connectivity index (χ4v) is 2.93. The Balaban J connectivity index is 2.06. The zero-order valence-electron chi connectivity index (χ0n) is 17.0. The van der Waals surface area contributed by atoms with Crippen LogP contribution < -0.4 is 20.1 Å². The second-order valence-electron chi connectivity index (χ2n) is 6.49. The van der Waals surface area contributed by atoms with Gasteiger partial charge >= 0.3 is 17.8 Å². The number of carbonyl (C=O) groups is 1. The van der Waals surface area contributed by atoms with Crippen molar-refractivity contribution < 1.29 is 23.9 Å². The molecule has 0 fully saturated rings. The van der Waals surface area contributed by atoms with E-state index in [-0.39, 0.29) is 31.6 Å². The van der Waals surface area contributed by atoms with Crippen LogP contribution in [-0.4, -0.2) is 47.3 Å². The number of aromatic nitrogens is 2. The first-order valence-corrected chi connectivity index (χ1v) is 9.75. The van der Waals surface area contributed by atoms with Crippen LogP contribution in [0.3, 0.4) is 0 Å². The molecule has 1 aliphatic heterocycles. The topological polar surface area (TPSA) is 143 Å². The molecule has 11 nitrogen and oxygen atoms in total. The largest absolute Gasteiger partial charge is 0.490 e. The Morgan fingerprint density at radius 3 is 2.94 bits per heavy atom. The monoisotopic (exact) mass is 429 g/mol. The number of rotatable bonds is 2. The third-order valence-electron chi connectivity index (χ3n) is 4.35. The summed E-state index contributed by atoms with van der Waals surface area (Å²) in [6.07, 6.45) is 3.84. The summed E-state index contributed by atoms with van der Waals surface area (Å²) in [5, 5.41) is 11.7. The third-order valence-corrected chi connectivity index (χ3v) is 4.35. The Bertz CT molecular complexity index is 981. The fourth-order valence-electron chi connectivity index (χ4n) is 2.93. The van der Waals surface area contributed by atoms with Crippen LogP contribution in [0.25, 0.3) is 0 Å². The number of nitro groups is 1. The van der Waals surface area contributed by atoms with E-state index in [0.29, 0.717) is 25.2 Å². The predicted octanol–water partition coefficient (Wildman–Crippen LogP) is 2.89. The van der Waals surface area contributed by atoms with Gasteiger partial charge in [-0.3, -0.25) is 15.0 Å². The lowest BCUT2D eigenvalue weighted by Crippen LogP contribution is -2.35. The minimum atomic E-state index is -0.786. The molecule has 11 heteroatoms. The molecule has 1 aromatic carbocycles. The summed E-state index contributed by atoms with van der Waals surface area (Å²) in [6, 6.07) is 7.22. The van der Waals surface area contributed by atoms with Crippen LogP contribution in [0.15, 0.2) is 36.4 Å². The first-order chi connectivity index (χ1) is 15.0. The quantitative estimate of drug-likeness (QED) is 0.433. The minimum absolute atomic E-state index is 0.0545. The highest BCUT2D eigenvalue weighted by Crippen LogP contribution is 2.33. The molecule has 1 aliphatic rings. The van der Waals surface area contributed by atoms with Crippen LogP contribution in [-0.2, 0) is 11.2 Å². The molecule has 0 spiro atoms. The summed E-state index contributed by atoms with van der Waals surface area (Å²) in [5.41, 5.74) is 6.10. The van der Waals surface area contributed by atoms with Crippen LogP contribution in [0.2, 0.25) is 0 Å². The molecule has 2 aromatic rings. The summed E-state index contributed by atoms with van der Waals surface area (Å²) >= 11 is 0. The first-order valence-electron chi connectivity index (χ1n) is 9.75. The second kappa shape index (κ2) is 10.2. The standard InChI is InChI=1S/C20H23N5O6/c1-2-29-20(26)24-10-9-14-7-6-8-15(13-14)30-11-4-3-5-12-31-19-22-17(21)16(25(27)28)18(24)23-19/h3-4,6-8,13H,2,5,9-12H2,1H3,(H2,21,22,23)/b4-3+. The maximum absolute atomic E-state index is 12.7. The van der Waals surface area contributed by atoms with Gasteiger partial charge in [0.1, 0.15) is 12.4 Å². The number of benzene rings is 1. The normalized spacial score (nSPS) is 15.3. The third kappa shape index (κ3) is 5.59. The molecule has 31 heavy (non-hydrogen) atoms. The number of hydrogen-bond donors (Lipinski definition) is 1. The maximum Gasteiger partial charge on any atom is 0.415 e. The van der Waals surface area contributed by atoms with Gasteiger partial charge in [0, 0.05) is 6.54 Å². The molecular formula is C20H23N5O6. The van der Waals surface area contributed by atoms with Crippen molar-refractivity contribution in [3.8, 4) is 11.8 Å². The number of nitrogens with zero attached hydrogens (tertiary/aromatic N) is 4. The Kier molecular flexibility index (Phi) is 7.20. The molecule has 0 atom stereocenters. The van der Waals surface area contributed by atoms with E-state index in [4.69, 9.17) is 19.9 Å². The van der Waals surface area contributed by atoms with Gasteiger partial charge in [-0.05, 0) is 37.5 Å². The number of carbonyl (C=O) groups excluding carboxylic acids is 1. The smallest absolute Gasteiger partial charge is 0.415 e. The maximum atomic E-state index is 12.7. The number of hydrogen-bond acceptors (Lipinski definition) is 9. The number of amides is 1. The van der Waals surface area contributed by atoms with Crippen LogP contribution >= 0.6 is 0 Å². The molecule has 0 saturated carbocycles. The van der Waals surface area contributed by atoms with Gasteiger partial charge in [-0.2, -0.15) is 9.97 Å². The predicted molar refractivity (Wildman–Crippen MR) is 112 cm³/mol. The van der Waals surface area contributed by atoms with Gasteiger partial charge in [0.25, 0.3) is 0 Å². The van der Waals surface area contributed by atoms with Crippen LogP contribution in [0.4, 0.5) is 22.1 Å². The lowest BCUT2D eigenvalue weighted by Gasteiger charge is -2.21. The van der Waals surface area contributed by atoms with E-state index in [2.05, 4.69) is 9.97 Å². The lowest BCUT2D eigenvalue weighted by molar-refractivity contribution is -0.383. The van der Waals surface area contributed by atoms with Gasteiger partial charge in [0.2, 0.25) is 11.6 Å². The minimum Gasteiger partial charge on any atom is -0.490 e. The summed E-state index contributed by atoms with van der Waals surface area (Å²) in [5.74, 6) is 0.0000661. The molecule has 0 saturated heterocycles. The Morgan fingerprint density at radius 1 is 1.32 bits per heavy atom. The van der Waals surface area contributed by atoms with Crippen molar-refractivity contribution in [2.45, 2.75) is 19.8 Å². The second-order valence-corrected chi connectivity index (χ2v) is 6.49. The Morgan fingerprint density at radius 2 is 2.16 bits per heavy atom. The first kappa shape index (κ1) is 21.8. The molecule has 2 heterocycles. The number of nitrogens with two attached hydrogens (primary N) is 1. The molecule has 0 unspecified atom stereocenters. The van der Waals surface area contributed by atoms with Gasteiger partial charge in [-0.25, -0.2) is 4.79 Å². The van der Waals surface area contributed by atoms with E-state index in [1.165, 1.54) is 0 Å². The summed E-state index contributed by atoms with van der Waals surface area (Å²) in [7, 11) is 0. The molecule has 1 aromatic heterocycles. The molecule has 4 bridgehead atoms. The Labute approximate surface area is 178 Å². The van der Waals surface area contributed by atoms with E-state index < -0.39 is 22.5 Å². The summed E-state index contributed by atoms with van der Waals surface area (Å²) in [6.45, 7) is 2.38. The molecular weight excluding hydrogens is 406 g/mol. The highest BCUT2D eigenvalue weighted by atomic mass is 16.6. The SMILES string of the molecule is CCOC(=O)N1CCc2cccc(c2)OC/C=C/CCOc2nc(N)c([N+](=O)[O-])c1n2. The molecule has 2 N–H and O–H groups in total. The molecule has 164 valence electrons. The van der Waals surface area contributed by atoms with Gasteiger partial charge in [0.15, 0.2) is 0 Å². The number of anilines is 2. The average molecular weight is 429 g/mol. The van der Waals surface area contributed by atoms with Crippen molar-refractivity contribution in [2.75, 3.05) is 37.0 Å². The van der Waals surface area contributed by atoms with Crippen molar-refractivity contribution in [3.05, 3.63) is 52.1 Å². The fraction of sp³-hybridized carbons (Fsp3) is 0.350. The van der Waals surface area contributed by atoms with E-state index >= 15 is 0 Å². The number of ether oxygens (including phenoxy) is 3. The molecule has 3 rings (SSSR count). The van der Waals surface area contributed by atoms with E-state index in [0.717, 1.165) is 10.5 Å². The zero-order chi connectivity index (χ0) is 22.2. The zero-order valence-corrected chi connectivity index (χ0v) is 17.0. The summed E-state index contributed by atoms with van der Waals surface area (Å²) < 4.78 is 16.3. The van der Waals surface area contributed by atoms with Crippen LogP contribution in [0, 0.1) is 10.1 Å². The van der Waals surface area contributed by atoms with Crippen molar-refractivity contribution in [2.24, 2.45) is 0 Å².